The van der Waals surface area contributed by atoms with Gasteiger partial charge in [-0.2, -0.15) is 0 Å². The van der Waals surface area contributed by atoms with E-state index >= 15 is 0 Å². The number of nitrogens with zero attached hydrogens (tertiary/aromatic N) is 2. The van der Waals surface area contributed by atoms with Crippen molar-refractivity contribution < 1.29 is 4.79 Å². The lowest BCUT2D eigenvalue weighted by Crippen LogP contribution is -2.38. The van der Waals surface area contributed by atoms with Gasteiger partial charge < -0.3 is 21.3 Å². The number of carbonyl (C=O) groups excluding carboxylic acids is 1. The second-order valence-electron chi connectivity index (χ2n) is 4.59. The molecule has 1 heterocycles. The zero-order valence-electron chi connectivity index (χ0n) is 10.2. The predicted octanol–water partition coefficient (Wildman–Crippen LogP) is -0.926. The Balaban J connectivity index is 2.32. The molecule has 1 aliphatic heterocycles. The average molecular weight is 228 g/mol. The van der Waals surface area contributed by atoms with Crippen molar-refractivity contribution in [1.82, 2.24) is 9.80 Å². The molecule has 0 bridgehead atoms. The van der Waals surface area contributed by atoms with Crippen LogP contribution in [0.3, 0.4) is 0 Å². The zero-order chi connectivity index (χ0) is 12.0. The van der Waals surface area contributed by atoms with Gasteiger partial charge in [0.2, 0.25) is 5.91 Å². The molecule has 0 spiro atoms. The third-order valence-corrected chi connectivity index (χ3v) is 3.14. The lowest BCUT2D eigenvalue weighted by Gasteiger charge is -2.23. The fourth-order valence-electron chi connectivity index (χ4n) is 2.09. The Morgan fingerprint density at radius 3 is 2.50 bits per heavy atom. The van der Waals surface area contributed by atoms with E-state index in [1.54, 1.807) is 0 Å². The lowest BCUT2D eigenvalue weighted by atomic mass is 10.1. The summed E-state index contributed by atoms with van der Waals surface area (Å²) in [6, 6.07) is 0. The summed E-state index contributed by atoms with van der Waals surface area (Å²) in [5.41, 5.74) is 10.8. The van der Waals surface area contributed by atoms with E-state index < -0.39 is 0 Å². The van der Waals surface area contributed by atoms with Gasteiger partial charge in [-0.05, 0) is 19.5 Å². The van der Waals surface area contributed by atoms with E-state index in [2.05, 4.69) is 9.80 Å². The largest absolute Gasteiger partial charge is 0.369 e. The van der Waals surface area contributed by atoms with Crippen molar-refractivity contribution in [2.45, 2.75) is 13.3 Å². The van der Waals surface area contributed by atoms with Crippen molar-refractivity contribution in [2.24, 2.45) is 17.4 Å². The summed E-state index contributed by atoms with van der Waals surface area (Å²) < 4.78 is 0. The predicted molar refractivity (Wildman–Crippen MR) is 64.9 cm³/mol. The van der Waals surface area contributed by atoms with E-state index in [1.165, 1.54) is 0 Å². The number of hydrogen-bond acceptors (Lipinski definition) is 4. The van der Waals surface area contributed by atoms with Crippen molar-refractivity contribution in [3.8, 4) is 0 Å². The normalized spacial score (nSPS) is 21.6. The van der Waals surface area contributed by atoms with Crippen molar-refractivity contribution in [3.63, 3.8) is 0 Å². The van der Waals surface area contributed by atoms with Gasteiger partial charge in [0.1, 0.15) is 0 Å². The first-order chi connectivity index (χ1) is 7.63. The minimum absolute atomic E-state index is 0.0546. The highest BCUT2D eigenvalue weighted by Gasteiger charge is 2.18. The number of primary amides is 1. The van der Waals surface area contributed by atoms with Crippen LogP contribution in [0.4, 0.5) is 0 Å². The molecule has 5 heteroatoms. The molecule has 1 saturated heterocycles. The topological polar surface area (TPSA) is 75.6 Å². The average Bonchev–Trinajstić information content (AvgIpc) is 2.44. The van der Waals surface area contributed by atoms with E-state index in [0.29, 0.717) is 0 Å². The smallest absolute Gasteiger partial charge is 0.221 e. The minimum Gasteiger partial charge on any atom is -0.369 e. The maximum absolute atomic E-state index is 11.0. The second-order valence-corrected chi connectivity index (χ2v) is 4.59. The SMILES string of the molecule is CC(CN1CCCN(CCN)CC1)C(N)=O. The highest BCUT2D eigenvalue weighted by molar-refractivity contribution is 5.76. The Labute approximate surface area is 97.7 Å². The number of carbonyl (C=O) groups is 1. The molecular formula is C11H24N4O. The van der Waals surface area contributed by atoms with Gasteiger partial charge in [-0.15, -0.1) is 0 Å². The fourth-order valence-corrected chi connectivity index (χ4v) is 2.09. The molecule has 0 aromatic carbocycles. The molecule has 1 atom stereocenters. The number of rotatable bonds is 5. The zero-order valence-corrected chi connectivity index (χ0v) is 10.2. The van der Waals surface area contributed by atoms with Crippen molar-refractivity contribution in [2.75, 3.05) is 45.8 Å². The first kappa shape index (κ1) is 13.4. The molecule has 1 amide bonds. The Bertz CT molecular complexity index is 222. The Morgan fingerprint density at radius 1 is 1.25 bits per heavy atom. The Kier molecular flexibility index (Phi) is 5.73. The van der Waals surface area contributed by atoms with Gasteiger partial charge in [-0.3, -0.25) is 4.79 Å². The molecule has 1 unspecified atom stereocenters. The molecule has 0 saturated carbocycles. The first-order valence-electron chi connectivity index (χ1n) is 6.07. The molecule has 1 aliphatic rings. The van der Waals surface area contributed by atoms with Crippen LogP contribution in [0.25, 0.3) is 0 Å². The van der Waals surface area contributed by atoms with Gasteiger partial charge >= 0.3 is 0 Å². The summed E-state index contributed by atoms with van der Waals surface area (Å²) >= 11 is 0. The number of nitrogens with two attached hydrogens (primary N) is 2. The van der Waals surface area contributed by atoms with Gasteiger partial charge in [0.15, 0.2) is 0 Å². The summed E-state index contributed by atoms with van der Waals surface area (Å²) in [7, 11) is 0. The van der Waals surface area contributed by atoms with Gasteiger partial charge in [0.25, 0.3) is 0 Å². The van der Waals surface area contributed by atoms with E-state index in [1.807, 2.05) is 6.92 Å². The molecule has 4 N–H and O–H groups in total. The highest BCUT2D eigenvalue weighted by atomic mass is 16.1. The van der Waals surface area contributed by atoms with Crippen LogP contribution in [0.5, 0.6) is 0 Å². The quantitative estimate of drug-likeness (QED) is 0.638. The van der Waals surface area contributed by atoms with Crippen LogP contribution in [0.2, 0.25) is 0 Å². The molecule has 0 aromatic heterocycles. The van der Waals surface area contributed by atoms with Crippen LogP contribution in [-0.4, -0.2) is 61.5 Å². The summed E-state index contributed by atoms with van der Waals surface area (Å²) in [5.74, 6) is -0.260. The van der Waals surface area contributed by atoms with Crippen molar-refractivity contribution in [3.05, 3.63) is 0 Å². The van der Waals surface area contributed by atoms with Crippen molar-refractivity contribution in [1.29, 1.82) is 0 Å². The van der Waals surface area contributed by atoms with Crippen LogP contribution in [0, 0.1) is 5.92 Å². The van der Waals surface area contributed by atoms with Gasteiger partial charge in [0.05, 0.1) is 0 Å². The number of hydrogen-bond donors (Lipinski definition) is 2. The van der Waals surface area contributed by atoms with E-state index in [4.69, 9.17) is 11.5 Å². The molecule has 5 nitrogen and oxygen atoms in total. The van der Waals surface area contributed by atoms with Gasteiger partial charge in [0, 0.05) is 38.6 Å². The van der Waals surface area contributed by atoms with Crippen LogP contribution in [0.1, 0.15) is 13.3 Å². The van der Waals surface area contributed by atoms with Gasteiger partial charge in [-0.25, -0.2) is 0 Å². The summed E-state index contributed by atoms with van der Waals surface area (Å²) in [6.45, 7) is 8.59. The van der Waals surface area contributed by atoms with E-state index in [0.717, 1.165) is 52.2 Å². The van der Waals surface area contributed by atoms with Crippen LogP contribution in [0.15, 0.2) is 0 Å². The Hall–Kier alpha value is -0.650. The number of amides is 1. The second kappa shape index (κ2) is 6.83. The first-order valence-corrected chi connectivity index (χ1v) is 6.07. The third kappa shape index (κ3) is 4.47. The molecule has 94 valence electrons. The fraction of sp³-hybridized carbons (Fsp3) is 0.909. The summed E-state index contributed by atoms with van der Waals surface area (Å²) in [4.78, 5) is 15.7. The maximum atomic E-state index is 11.0. The monoisotopic (exact) mass is 228 g/mol. The standard InChI is InChI=1S/C11H24N4O/c1-10(11(13)16)9-15-5-2-4-14(6-3-12)7-8-15/h10H,2-9,12H2,1H3,(H2,13,16). The molecule has 0 aromatic rings. The van der Waals surface area contributed by atoms with E-state index in [9.17, 15) is 4.79 Å². The van der Waals surface area contributed by atoms with Crippen molar-refractivity contribution >= 4 is 5.91 Å². The molecule has 1 fully saturated rings. The van der Waals surface area contributed by atoms with E-state index in [-0.39, 0.29) is 11.8 Å². The minimum atomic E-state index is -0.205. The Morgan fingerprint density at radius 2 is 1.88 bits per heavy atom. The third-order valence-electron chi connectivity index (χ3n) is 3.14. The lowest BCUT2D eigenvalue weighted by molar-refractivity contribution is -0.121. The molecular weight excluding hydrogens is 204 g/mol. The molecule has 0 radical (unpaired) electrons. The van der Waals surface area contributed by atoms with Gasteiger partial charge in [-0.1, -0.05) is 6.92 Å². The van der Waals surface area contributed by atoms with Crippen LogP contribution in [-0.2, 0) is 4.79 Å². The molecule has 0 aliphatic carbocycles. The molecule has 16 heavy (non-hydrogen) atoms. The van der Waals surface area contributed by atoms with Crippen LogP contribution < -0.4 is 11.5 Å². The van der Waals surface area contributed by atoms with Crippen LogP contribution >= 0.6 is 0 Å². The maximum Gasteiger partial charge on any atom is 0.221 e. The highest BCUT2D eigenvalue weighted by Crippen LogP contribution is 2.05. The summed E-state index contributed by atoms with van der Waals surface area (Å²) in [5, 5.41) is 0. The summed E-state index contributed by atoms with van der Waals surface area (Å²) in [6.07, 6.45) is 1.14. The molecule has 1 rings (SSSR count).